The van der Waals surface area contributed by atoms with Crippen molar-refractivity contribution in [1.82, 2.24) is 15.1 Å². The first-order chi connectivity index (χ1) is 8.99. The SMILES string of the molecule is CCN(CC)CCCC(C)NC1CC(=O)N(C)C1=O. The Labute approximate surface area is 116 Å². The number of rotatable bonds is 8. The minimum atomic E-state index is -0.319. The summed E-state index contributed by atoms with van der Waals surface area (Å²) in [5, 5.41) is 3.27. The lowest BCUT2D eigenvalue weighted by atomic mass is 10.1. The number of hydrogen-bond donors (Lipinski definition) is 1. The van der Waals surface area contributed by atoms with Crippen molar-refractivity contribution < 1.29 is 9.59 Å². The summed E-state index contributed by atoms with van der Waals surface area (Å²) in [5.74, 6) is -0.182. The Morgan fingerprint density at radius 2 is 2.00 bits per heavy atom. The van der Waals surface area contributed by atoms with E-state index >= 15 is 0 Å². The zero-order chi connectivity index (χ0) is 14.4. The lowest BCUT2D eigenvalue weighted by Crippen LogP contribution is -2.42. The second-order valence-corrected chi connectivity index (χ2v) is 5.28. The largest absolute Gasteiger partial charge is 0.304 e. The smallest absolute Gasteiger partial charge is 0.246 e. The molecule has 1 rings (SSSR count). The maximum absolute atomic E-state index is 11.8. The molecule has 2 amide bonds. The molecule has 110 valence electrons. The molecule has 1 N–H and O–H groups in total. The summed E-state index contributed by atoms with van der Waals surface area (Å²) in [7, 11) is 1.55. The Kier molecular flexibility index (Phi) is 6.45. The lowest BCUT2D eigenvalue weighted by molar-refractivity contribution is -0.137. The van der Waals surface area contributed by atoms with Gasteiger partial charge in [0.15, 0.2) is 0 Å². The van der Waals surface area contributed by atoms with Crippen molar-refractivity contribution in [3.8, 4) is 0 Å². The highest BCUT2D eigenvalue weighted by Gasteiger charge is 2.36. The molecular formula is C14H27N3O2. The maximum atomic E-state index is 11.8. The number of nitrogens with one attached hydrogen (secondary N) is 1. The van der Waals surface area contributed by atoms with E-state index in [-0.39, 0.29) is 23.9 Å². The molecule has 0 aromatic rings. The van der Waals surface area contributed by atoms with E-state index in [2.05, 4.69) is 31.0 Å². The van der Waals surface area contributed by atoms with Gasteiger partial charge in [-0.2, -0.15) is 0 Å². The Morgan fingerprint density at radius 1 is 1.37 bits per heavy atom. The topological polar surface area (TPSA) is 52.7 Å². The number of nitrogens with zero attached hydrogens (tertiary/aromatic N) is 2. The Morgan fingerprint density at radius 3 is 2.47 bits per heavy atom. The maximum Gasteiger partial charge on any atom is 0.246 e. The van der Waals surface area contributed by atoms with E-state index in [1.807, 2.05) is 0 Å². The average Bonchev–Trinajstić information content (AvgIpc) is 2.62. The van der Waals surface area contributed by atoms with Crippen molar-refractivity contribution in [2.45, 2.75) is 52.1 Å². The Balaban J connectivity index is 2.26. The van der Waals surface area contributed by atoms with Gasteiger partial charge in [-0.05, 0) is 39.4 Å². The van der Waals surface area contributed by atoms with Gasteiger partial charge in [0, 0.05) is 13.1 Å². The highest BCUT2D eigenvalue weighted by atomic mass is 16.2. The van der Waals surface area contributed by atoms with Crippen LogP contribution in [0.5, 0.6) is 0 Å². The van der Waals surface area contributed by atoms with Gasteiger partial charge < -0.3 is 10.2 Å². The Hall–Kier alpha value is -0.940. The van der Waals surface area contributed by atoms with Gasteiger partial charge in [0.2, 0.25) is 11.8 Å². The van der Waals surface area contributed by atoms with Gasteiger partial charge in [-0.3, -0.25) is 14.5 Å². The minimum absolute atomic E-state index is 0.0853. The second kappa shape index (κ2) is 7.60. The summed E-state index contributed by atoms with van der Waals surface area (Å²) in [5.41, 5.74) is 0. The first-order valence-electron chi connectivity index (χ1n) is 7.28. The molecule has 1 saturated heterocycles. The molecule has 19 heavy (non-hydrogen) atoms. The number of carbonyl (C=O) groups excluding carboxylic acids is 2. The fourth-order valence-electron chi connectivity index (χ4n) is 2.47. The minimum Gasteiger partial charge on any atom is -0.304 e. The molecule has 1 aliphatic heterocycles. The fraction of sp³-hybridized carbons (Fsp3) is 0.857. The number of carbonyl (C=O) groups is 2. The number of imide groups is 1. The van der Waals surface area contributed by atoms with Crippen LogP contribution in [0, 0.1) is 0 Å². The van der Waals surface area contributed by atoms with Crippen LogP contribution < -0.4 is 5.32 Å². The van der Waals surface area contributed by atoms with Gasteiger partial charge in [-0.1, -0.05) is 13.8 Å². The van der Waals surface area contributed by atoms with Gasteiger partial charge in [-0.15, -0.1) is 0 Å². The van der Waals surface area contributed by atoms with Crippen molar-refractivity contribution >= 4 is 11.8 Å². The highest BCUT2D eigenvalue weighted by Crippen LogP contribution is 2.12. The molecule has 0 spiro atoms. The Bertz CT molecular complexity index is 316. The van der Waals surface area contributed by atoms with Crippen molar-refractivity contribution in [2.24, 2.45) is 0 Å². The van der Waals surface area contributed by atoms with E-state index in [1.54, 1.807) is 7.05 Å². The van der Waals surface area contributed by atoms with E-state index < -0.39 is 0 Å². The molecule has 0 aliphatic carbocycles. The highest BCUT2D eigenvalue weighted by molar-refractivity contribution is 6.05. The zero-order valence-electron chi connectivity index (χ0n) is 12.6. The molecule has 5 heteroatoms. The van der Waals surface area contributed by atoms with Crippen molar-refractivity contribution in [3.63, 3.8) is 0 Å². The summed E-state index contributed by atoms with van der Waals surface area (Å²) >= 11 is 0. The normalized spacial score (nSPS) is 21.5. The molecule has 1 fully saturated rings. The molecule has 0 saturated carbocycles. The molecule has 2 unspecified atom stereocenters. The van der Waals surface area contributed by atoms with Gasteiger partial charge in [0.25, 0.3) is 0 Å². The third-order valence-electron chi connectivity index (χ3n) is 3.87. The summed E-state index contributed by atoms with van der Waals surface area (Å²) in [6.45, 7) is 9.68. The van der Waals surface area contributed by atoms with Gasteiger partial charge in [0.1, 0.15) is 0 Å². The first kappa shape index (κ1) is 16.1. The summed E-state index contributed by atoms with van der Waals surface area (Å²) in [6, 6.07) is -0.0511. The van der Waals surface area contributed by atoms with E-state index in [1.165, 1.54) is 4.90 Å². The first-order valence-corrected chi connectivity index (χ1v) is 7.28. The molecule has 2 atom stereocenters. The van der Waals surface area contributed by atoms with Crippen molar-refractivity contribution in [1.29, 1.82) is 0 Å². The number of likely N-dealkylation sites (tertiary alicyclic amines) is 1. The number of hydrogen-bond acceptors (Lipinski definition) is 4. The van der Waals surface area contributed by atoms with Crippen LogP contribution in [0.2, 0.25) is 0 Å². The summed E-state index contributed by atoms with van der Waals surface area (Å²) in [4.78, 5) is 26.8. The van der Waals surface area contributed by atoms with E-state index in [4.69, 9.17) is 0 Å². The monoisotopic (exact) mass is 269 g/mol. The van der Waals surface area contributed by atoms with Gasteiger partial charge >= 0.3 is 0 Å². The molecular weight excluding hydrogens is 242 g/mol. The fourth-order valence-corrected chi connectivity index (χ4v) is 2.47. The summed E-state index contributed by atoms with van der Waals surface area (Å²) in [6.07, 6.45) is 2.44. The number of amides is 2. The third-order valence-corrected chi connectivity index (χ3v) is 3.87. The van der Waals surface area contributed by atoms with Crippen LogP contribution in [0.15, 0.2) is 0 Å². The van der Waals surface area contributed by atoms with Crippen LogP contribution >= 0.6 is 0 Å². The molecule has 5 nitrogen and oxygen atoms in total. The van der Waals surface area contributed by atoms with Gasteiger partial charge in [-0.25, -0.2) is 0 Å². The van der Waals surface area contributed by atoms with E-state index in [0.29, 0.717) is 6.42 Å². The van der Waals surface area contributed by atoms with Crippen LogP contribution in [-0.2, 0) is 9.59 Å². The van der Waals surface area contributed by atoms with Crippen molar-refractivity contribution in [3.05, 3.63) is 0 Å². The summed E-state index contributed by atoms with van der Waals surface area (Å²) < 4.78 is 0. The molecule has 1 aliphatic rings. The third kappa shape index (κ3) is 4.58. The predicted molar refractivity (Wildman–Crippen MR) is 75.8 cm³/mol. The second-order valence-electron chi connectivity index (χ2n) is 5.28. The van der Waals surface area contributed by atoms with Crippen molar-refractivity contribution in [2.75, 3.05) is 26.7 Å². The van der Waals surface area contributed by atoms with E-state index in [9.17, 15) is 9.59 Å². The van der Waals surface area contributed by atoms with Crippen LogP contribution in [0.1, 0.15) is 40.0 Å². The standard InChI is InChI=1S/C14H27N3O2/c1-5-17(6-2)9-7-8-11(3)15-12-10-13(18)16(4)14(12)19/h11-12,15H,5-10H2,1-4H3. The molecule has 0 bridgehead atoms. The molecule has 0 aromatic heterocycles. The lowest BCUT2D eigenvalue weighted by Gasteiger charge is -2.21. The van der Waals surface area contributed by atoms with Crippen LogP contribution in [0.4, 0.5) is 0 Å². The van der Waals surface area contributed by atoms with Gasteiger partial charge in [0.05, 0.1) is 12.5 Å². The predicted octanol–water partition coefficient (Wildman–Crippen LogP) is 0.844. The molecule has 1 heterocycles. The average molecular weight is 269 g/mol. The van der Waals surface area contributed by atoms with Crippen LogP contribution in [0.25, 0.3) is 0 Å². The zero-order valence-corrected chi connectivity index (χ0v) is 12.6. The molecule has 0 radical (unpaired) electrons. The van der Waals surface area contributed by atoms with E-state index in [0.717, 1.165) is 32.5 Å². The number of likely N-dealkylation sites (N-methyl/N-ethyl adjacent to an activating group) is 1. The van der Waals surface area contributed by atoms with Crippen LogP contribution in [0.3, 0.4) is 0 Å². The molecule has 0 aromatic carbocycles. The quantitative estimate of drug-likeness (QED) is 0.664. The van der Waals surface area contributed by atoms with Crippen LogP contribution in [-0.4, -0.2) is 60.4 Å².